The minimum absolute atomic E-state index is 0.584. The van der Waals surface area contributed by atoms with Crippen LogP contribution in [0.15, 0.2) is 4.99 Å². The third kappa shape index (κ3) is 9.36. The highest BCUT2D eigenvalue weighted by molar-refractivity contribution is 5.77. The number of hydrogen-bond acceptors (Lipinski definition) is 1. The molecule has 0 unspecified atom stereocenters. The van der Waals surface area contributed by atoms with E-state index in [9.17, 15) is 0 Å². The molecule has 0 heterocycles. The Labute approximate surface area is 88.2 Å². The summed E-state index contributed by atoms with van der Waals surface area (Å²) in [7, 11) is 0. The molecule has 3 nitrogen and oxygen atoms in total. The van der Waals surface area contributed by atoms with Crippen molar-refractivity contribution in [2.24, 2.45) is 10.7 Å². The summed E-state index contributed by atoms with van der Waals surface area (Å²) < 4.78 is 0. The molecule has 0 aromatic rings. The van der Waals surface area contributed by atoms with Crippen LogP contribution in [0.5, 0.6) is 0 Å². The van der Waals surface area contributed by atoms with Crippen molar-refractivity contribution in [2.75, 3.05) is 13.1 Å². The summed E-state index contributed by atoms with van der Waals surface area (Å²) in [6.07, 6.45) is 7.82. The van der Waals surface area contributed by atoms with Gasteiger partial charge in [0.25, 0.3) is 0 Å². The van der Waals surface area contributed by atoms with Gasteiger partial charge < -0.3 is 11.1 Å². The second-order valence-corrected chi connectivity index (χ2v) is 3.57. The summed E-state index contributed by atoms with van der Waals surface area (Å²) in [6.45, 7) is 5.98. The normalized spacial score (nSPS) is 11.7. The van der Waals surface area contributed by atoms with Crippen LogP contribution < -0.4 is 11.1 Å². The van der Waals surface area contributed by atoms with Gasteiger partial charge in [-0.3, -0.25) is 4.99 Å². The number of hydrogen-bond donors (Lipinski definition) is 2. The first-order valence-corrected chi connectivity index (χ1v) is 5.85. The maximum atomic E-state index is 5.59. The Morgan fingerprint density at radius 3 is 2.36 bits per heavy atom. The molecule has 0 radical (unpaired) electrons. The summed E-state index contributed by atoms with van der Waals surface area (Å²) in [4.78, 5) is 4.22. The van der Waals surface area contributed by atoms with E-state index in [0.29, 0.717) is 5.96 Å². The molecule has 3 N–H and O–H groups in total. The molecule has 0 atom stereocenters. The van der Waals surface area contributed by atoms with Crippen molar-refractivity contribution in [3.8, 4) is 0 Å². The van der Waals surface area contributed by atoms with E-state index in [2.05, 4.69) is 17.2 Å². The van der Waals surface area contributed by atoms with E-state index in [1.807, 2.05) is 6.92 Å². The third-order valence-corrected chi connectivity index (χ3v) is 2.15. The van der Waals surface area contributed by atoms with Gasteiger partial charge in [-0.25, -0.2) is 0 Å². The molecule has 0 amide bonds. The number of nitrogens with zero attached hydrogens (tertiary/aromatic N) is 1. The van der Waals surface area contributed by atoms with E-state index in [1.54, 1.807) is 0 Å². The first-order chi connectivity index (χ1) is 6.81. The lowest BCUT2D eigenvalue weighted by atomic mass is 10.1. The lowest BCUT2D eigenvalue weighted by molar-refractivity contribution is 0.612. The highest BCUT2D eigenvalue weighted by Crippen LogP contribution is 2.04. The van der Waals surface area contributed by atoms with Gasteiger partial charge in [-0.15, -0.1) is 0 Å². The van der Waals surface area contributed by atoms with Crippen LogP contribution in [0.4, 0.5) is 0 Å². The van der Waals surface area contributed by atoms with Crippen molar-refractivity contribution >= 4 is 5.96 Å². The lowest BCUT2D eigenvalue weighted by Crippen LogP contribution is -2.31. The Morgan fingerprint density at radius 1 is 1.07 bits per heavy atom. The Bertz CT molecular complexity index is 143. The highest BCUT2D eigenvalue weighted by atomic mass is 15.1. The number of aliphatic imine (C=N–C) groups is 1. The van der Waals surface area contributed by atoms with Gasteiger partial charge in [0.15, 0.2) is 5.96 Å². The minimum atomic E-state index is 0.584. The number of unbranched alkanes of at least 4 members (excludes halogenated alkanes) is 5. The quantitative estimate of drug-likeness (QED) is 0.358. The maximum Gasteiger partial charge on any atom is 0.188 e. The van der Waals surface area contributed by atoms with Gasteiger partial charge in [-0.2, -0.15) is 0 Å². The number of nitrogens with two attached hydrogens (primary N) is 1. The van der Waals surface area contributed by atoms with Gasteiger partial charge in [0.2, 0.25) is 0 Å². The summed E-state index contributed by atoms with van der Waals surface area (Å²) in [5.41, 5.74) is 5.59. The molecular formula is C11H25N3. The van der Waals surface area contributed by atoms with Crippen LogP contribution in [0.1, 0.15) is 52.4 Å². The van der Waals surface area contributed by atoms with Gasteiger partial charge in [0.1, 0.15) is 0 Å². The largest absolute Gasteiger partial charge is 0.370 e. The molecule has 0 bridgehead atoms. The van der Waals surface area contributed by atoms with E-state index < -0.39 is 0 Å². The van der Waals surface area contributed by atoms with Crippen LogP contribution >= 0.6 is 0 Å². The second kappa shape index (κ2) is 10.4. The lowest BCUT2D eigenvalue weighted by Gasteiger charge is -2.01. The Kier molecular flexibility index (Phi) is 9.81. The summed E-state index contributed by atoms with van der Waals surface area (Å²) >= 11 is 0. The third-order valence-electron chi connectivity index (χ3n) is 2.15. The first kappa shape index (κ1) is 13.3. The van der Waals surface area contributed by atoms with Crippen molar-refractivity contribution in [3.05, 3.63) is 0 Å². The molecule has 0 fully saturated rings. The molecule has 0 saturated carbocycles. The van der Waals surface area contributed by atoms with Crippen LogP contribution in [0.3, 0.4) is 0 Å². The molecule has 0 aliphatic heterocycles. The standard InChI is InChI=1S/C11H25N3/c1-3-5-6-7-8-9-10-14-11(12)13-4-2/h3-10H2,1-2H3,(H3,12,13,14). The topological polar surface area (TPSA) is 50.4 Å². The summed E-state index contributed by atoms with van der Waals surface area (Å²) in [5, 5.41) is 2.98. The van der Waals surface area contributed by atoms with Crippen LogP contribution in [0, 0.1) is 0 Å². The smallest absolute Gasteiger partial charge is 0.188 e. The van der Waals surface area contributed by atoms with Gasteiger partial charge >= 0.3 is 0 Å². The number of nitrogens with one attached hydrogen (secondary N) is 1. The zero-order chi connectivity index (χ0) is 10.6. The Morgan fingerprint density at radius 2 is 1.71 bits per heavy atom. The van der Waals surface area contributed by atoms with Crippen LogP contribution in [0.2, 0.25) is 0 Å². The van der Waals surface area contributed by atoms with Crippen molar-refractivity contribution in [1.29, 1.82) is 0 Å². The molecule has 14 heavy (non-hydrogen) atoms. The Hall–Kier alpha value is -0.730. The minimum Gasteiger partial charge on any atom is -0.370 e. The number of guanidine groups is 1. The molecule has 0 spiro atoms. The molecule has 84 valence electrons. The molecule has 3 heteroatoms. The predicted octanol–water partition coefficient (Wildman–Crippen LogP) is 2.27. The fraction of sp³-hybridized carbons (Fsp3) is 0.909. The molecule has 0 aliphatic rings. The molecule has 0 aromatic carbocycles. The van der Waals surface area contributed by atoms with Crippen molar-refractivity contribution < 1.29 is 0 Å². The maximum absolute atomic E-state index is 5.59. The highest BCUT2D eigenvalue weighted by Gasteiger charge is 1.90. The van der Waals surface area contributed by atoms with Crippen molar-refractivity contribution in [2.45, 2.75) is 52.4 Å². The first-order valence-electron chi connectivity index (χ1n) is 5.85. The molecule has 0 aliphatic carbocycles. The van der Waals surface area contributed by atoms with E-state index >= 15 is 0 Å². The predicted molar refractivity (Wildman–Crippen MR) is 63.5 cm³/mol. The molecule has 0 rings (SSSR count). The second-order valence-electron chi connectivity index (χ2n) is 3.57. The fourth-order valence-corrected chi connectivity index (χ4v) is 1.33. The van der Waals surface area contributed by atoms with Crippen LogP contribution in [0.25, 0.3) is 0 Å². The van der Waals surface area contributed by atoms with Gasteiger partial charge in [0.05, 0.1) is 0 Å². The van der Waals surface area contributed by atoms with Gasteiger partial charge in [-0.1, -0.05) is 39.0 Å². The summed E-state index contributed by atoms with van der Waals surface area (Å²) in [5.74, 6) is 0.584. The van der Waals surface area contributed by atoms with Crippen LogP contribution in [-0.4, -0.2) is 19.0 Å². The fourth-order valence-electron chi connectivity index (χ4n) is 1.33. The molecule has 0 saturated heterocycles. The van der Waals surface area contributed by atoms with E-state index in [-0.39, 0.29) is 0 Å². The monoisotopic (exact) mass is 199 g/mol. The molecule has 0 aromatic heterocycles. The zero-order valence-corrected chi connectivity index (χ0v) is 9.68. The summed E-state index contributed by atoms with van der Waals surface area (Å²) in [6, 6.07) is 0. The average Bonchev–Trinajstić information content (AvgIpc) is 2.17. The Balaban J connectivity index is 3.15. The average molecular weight is 199 g/mol. The van der Waals surface area contributed by atoms with Gasteiger partial charge in [-0.05, 0) is 13.3 Å². The number of rotatable bonds is 8. The SMILES string of the molecule is CCCCCCCCN=C(N)NCC. The van der Waals surface area contributed by atoms with E-state index in [4.69, 9.17) is 5.73 Å². The zero-order valence-electron chi connectivity index (χ0n) is 9.68. The van der Waals surface area contributed by atoms with E-state index in [1.165, 1.54) is 32.1 Å². The van der Waals surface area contributed by atoms with Crippen LogP contribution in [-0.2, 0) is 0 Å². The molecular weight excluding hydrogens is 174 g/mol. The van der Waals surface area contributed by atoms with Crippen molar-refractivity contribution in [3.63, 3.8) is 0 Å². The van der Waals surface area contributed by atoms with E-state index in [0.717, 1.165) is 19.5 Å². The van der Waals surface area contributed by atoms with Gasteiger partial charge in [0, 0.05) is 13.1 Å². The van der Waals surface area contributed by atoms with Crippen molar-refractivity contribution in [1.82, 2.24) is 5.32 Å².